The van der Waals surface area contributed by atoms with E-state index in [1.165, 1.54) is 11.1 Å². The summed E-state index contributed by atoms with van der Waals surface area (Å²) in [7, 11) is 0. The second kappa shape index (κ2) is 6.45. The quantitative estimate of drug-likeness (QED) is 0.688. The molecule has 1 aliphatic rings. The van der Waals surface area contributed by atoms with Crippen molar-refractivity contribution >= 4 is 0 Å². The van der Waals surface area contributed by atoms with Gasteiger partial charge in [0.2, 0.25) is 0 Å². The van der Waals surface area contributed by atoms with Crippen molar-refractivity contribution in [2.24, 2.45) is 0 Å². The van der Waals surface area contributed by atoms with Crippen LogP contribution in [0.2, 0.25) is 0 Å². The van der Waals surface area contributed by atoms with Crippen LogP contribution in [0.4, 0.5) is 0 Å². The standard InChI is InChI=1S/C23H19NO/c24-17-23(14-19-8-4-5-9-20(19)15-23)21-10-12-22(13-11-21)25-16-18-6-2-1-3-7-18/h1-13H,14-16H2. The molecule has 0 bridgehead atoms. The fraction of sp³-hybridized carbons (Fsp3) is 0.174. The molecule has 122 valence electrons. The summed E-state index contributed by atoms with van der Waals surface area (Å²) in [6.45, 7) is 0.551. The maximum absolute atomic E-state index is 9.88. The maximum atomic E-state index is 9.88. The maximum Gasteiger partial charge on any atom is 0.119 e. The molecule has 0 saturated carbocycles. The summed E-state index contributed by atoms with van der Waals surface area (Å²) in [5, 5.41) is 9.88. The molecule has 0 aromatic heterocycles. The Morgan fingerprint density at radius 3 is 2.00 bits per heavy atom. The smallest absolute Gasteiger partial charge is 0.119 e. The zero-order valence-corrected chi connectivity index (χ0v) is 14.0. The number of ether oxygens (including phenoxy) is 1. The molecule has 2 heteroatoms. The molecule has 2 nitrogen and oxygen atoms in total. The molecule has 0 N–H and O–H groups in total. The van der Waals surface area contributed by atoms with Gasteiger partial charge >= 0.3 is 0 Å². The van der Waals surface area contributed by atoms with E-state index >= 15 is 0 Å². The minimum atomic E-state index is -0.457. The first-order valence-electron chi connectivity index (χ1n) is 8.54. The van der Waals surface area contributed by atoms with Gasteiger partial charge in [0.05, 0.1) is 11.5 Å². The van der Waals surface area contributed by atoms with Crippen molar-refractivity contribution in [1.82, 2.24) is 0 Å². The third kappa shape index (κ3) is 3.02. The van der Waals surface area contributed by atoms with E-state index in [0.717, 1.165) is 29.7 Å². The van der Waals surface area contributed by atoms with Crippen LogP contribution in [0.1, 0.15) is 22.3 Å². The van der Waals surface area contributed by atoms with Gasteiger partial charge in [-0.3, -0.25) is 0 Å². The van der Waals surface area contributed by atoms with E-state index < -0.39 is 5.41 Å². The van der Waals surface area contributed by atoms with Crippen LogP contribution in [0, 0.1) is 11.3 Å². The second-order valence-electron chi connectivity index (χ2n) is 6.61. The largest absolute Gasteiger partial charge is 0.489 e. The predicted octanol–water partition coefficient (Wildman–Crippen LogP) is 4.83. The number of nitrogens with zero attached hydrogens (tertiary/aromatic N) is 1. The lowest BCUT2D eigenvalue weighted by Crippen LogP contribution is -2.24. The number of hydrogen-bond acceptors (Lipinski definition) is 2. The topological polar surface area (TPSA) is 33.0 Å². The van der Waals surface area contributed by atoms with Crippen molar-refractivity contribution in [3.05, 3.63) is 101 Å². The minimum Gasteiger partial charge on any atom is -0.489 e. The fourth-order valence-corrected chi connectivity index (χ4v) is 3.57. The van der Waals surface area contributed by atoms with Crippen LogP contribution in [0.25, 0.3) is 0 Å². The van der Waals surface area contributed by atoms with E-state index in [1.807, 2.05) is 54.6 Å². The first-order valence-corrected chi connectivity index (χ1v) is 8.54. The molecule has 0 aliphatic heterocycles. The molecule has 0 fully saturated rings. The lowest BCUT2D eigenvalue weighted by Gasteiger charge is -2.21. The Kier molecular flexibility index (Phi) is 3.99. The van der Waals surface area contributed by atoms with Gasteiger partial charge in [0.15, 0.2) is 0 Å². The summed E-state index contributed by atoms with van der Waals surface area (Å²) >= 11 is 0. The van der Waals surface area contributed by atoms with Crippen LogP contribution in [-0.4, -0.2) is 0 Å². The molecule has 3 aromatic rings. The van der Waals surface area contributed by atoms with E-state index in [9.17, 15) is 5.26 Å². The molecule has 0 unspecified atom stereocenters. The van der Waals surface area contributed by atoms with Crippen LogP contribution < -0.4 is 4.74 Å². The molecule has 0 atom stereocenters. The van der Waals surface area contributed by atoms with Gasteiger partial charge in [0, 0.05) is 0 Å². The average molecular weight is 325 g/mol. The Balaban J connectivity index is 1.51. The van der Waals surface area contributed by atoms with Crippen LogP contribution in [-0.2, 0) is 24.9 Å². The summed E-state index contributed by atoms with van der Waals surface area (Å²) in [5.41, 5.74) is 4.33. The third-order valence-electron chi connectivity index (χ3n) is 4.97. The van der Waals surface area contributed by atoms with Crippen LogP contribution >= 0.6 is 0 Å². The minimum absolute atomic E-state index is 0.457. The molecule has 25 heavy (non-hydrogen) atoms. The van der Waals surface area contributed by atoms with E-state index in [2.05, 4.69) is 30.3 Å². The molecular formula is C23H19NO. The molecule has 0 amide bonds. The van der Waals surface area contributed by atoms with E-state index in [4.69, 9.17) is 4.74 Å². The zero-order chi connectivity index (χ0) is 17.1. The van der Waals surface area contributed by atoms with Gasteiger partial charge in [-0.1, -0.05) is 66.7 Å². The number of rotatable bonds is 4. The van der Waals surface area contributed by atoms with E-state index in [-0.39, 0.29) is 0 Å². The van der Waals surface area contributed by atoms with Crippen molar-refractivity contribution in [1.29, 1.82) is 5.26 Å². The Hall–Kier alpha value is -3.05. The monoisotopic (exact) mass is 325 g/mol. The highest BCUT2D eigenvalue weighted by Gasteiger charge is 2.38. The Morgan fingerprint density at radius 1 is 0.800 bits per heavy atom. The highest BCUT2D eigenvalue weighted by molar-refractivity contribution is 5.47. The van der Waals surface area contributed by atoms with Gasteiger partial charge in [-0.05, 0) is 47.2 Å². The van der Waals surface area contributed by atoms with E-state index in [1.54, 1.807) is 0 Å². The molecule has 1 aliphatic carbocycles. The van der Waals surface area contributed by atoms with Crippen molar-refractivity contribution in [3.63, 3.8) is 0 Å². The number of fused-ring (bicyclic) bond motifs is 1. The molecule has 0 radical (unpaired) electrons. The van der Waals surface area contributed by atoms with Gasteiger partial charge in [-0.25, -0.2) is 0 Å². The number of hydrogen-bond donors (Lipinski definition) is 0. The Bertz CT molecular complexity index is 882. The van der Waals surface area contributed by atoms with Crippen molar-refractivity contribution in [2.75, 3.05) is 0 Å². The molecule has 0 heterocycles. The highest BCUT2D eigenvalue weighted by atomic mass is 16.5. The molecule has 0 spiro atoms. The van der Waals surface area contributed by atoms with Crippen molar-refractivity contribution in [3.8, 4) is 11.8 Å². The van der Waals surface area contributed by atoms with Gasteiger partial charge in [0.25, 0.3) is 0 Å². The summed E-state index contributed by atoms with van der Waals surface area (Å²) < 4.78 is 5.86. The fourth-order valence-electron chi connectivity index (χ4n) is 3.57. The highest BCUT2D eigenvalue weighted by Crippen LogP contribution is 2.39. The van der Waals surface area contributed by atoms with E-state index in [0.29, 0.717) is 6.61 Å². The van der Waals surface area contributed by atoms with Crippen LogP contribution in [0.15, 0.2) is 78.9 Å². The number of nitriles is 1. The van der Waals surface area contributed by atoms with Crippen molar-refractivity contribution in [2.45, 2.75) is 24.9 Å². The Morgan fingerprint density at radius 2 is 1.40 bits per heavy atom. The first kappa shape index (κ1) is 15.5. The molecule has 3 aromatic carbocycles. The van der Waals surface area contributed by atoms with Crippen LogP contribution in [0.5, 0.6) is 5.75 Å². The first-order chi connectivity index (χ1) is 12.3. The summed E-state index contributed by atoms with van der Waals surface area (Å²) in [6.07, 6.45) is 1.56. The SMILES string of the molecule is N#CC1(c2ccc(OCc3ccccc3)cc2)Cc2ccccc2C1. The van der Waals surface area contributed by atoms with Gasteiger partial charge < -0.3 is 4.74 Å². The molecule has 0 saturated heterocycles. The average Bonchev–Trinajstić information content (AvgIpc) is 3.08. The lowest BCUT2D eigenvalue weighted by atomic mass is 9.79. The Labute approximate surface area is 148 Å². The molecular weight excluding hydrogens is 306 g/mol. The van der Waals surface area contributed by atoms with Gasteiger partial charge in [-0.2, -0.15) is 5.26 Å². The summed E-state index contributed by atoms with van der Waals surface area (Å²) in [5.74, 6) is 0.830. The summed E-state index contributed by atoms with van der Waals surface area (Å²) in [6, 6.07) is 29.1. The van der Waals surface area contributed by atoms with Crippen LogP contribution in [0.3, 0.4) is 0 Å². The third-order valence-corrected chi connectivity index (χ3v) is 4.97. The van der Waals surface area contributed by atoms with Crippen molar-refractivity contribution < 1.29 is 4.74 Å². The number of benzene rings is 3. The normalized spacial score (nSPS) is 14.5. The van der Waals surface area contributed by atoms with Gasteiger partial charge in [-0.15, -0.1) is 0 Å². The summed E-state index contributed by atoms with van der Waals surface area (Å²) in [4.78, 5) is 0. The predicted molar refractivity (Wildman–Crippen MR) is 98.4 cm³/mol. The molecule has 4 rings (SSSR count). The zero-order valence-electron chi connectivity index (χ0n) is 14.0. The van der Waals surface area contributed by atoms with Gasteiger partial charge in [0.1, 0.15) is 12.4 Å². The second-order valence-corrected chi connectivity index (χ2v) is 6.61. The lowest BCUT2D eigenvalue weighted by molar-refractivity contribution is 0.306.